The third-order valence-corrected chi connectivity index (χ3v) is 6.13. The Bertz CT molecular complexity index is 702. The van der Waals surface area contributed by atoms with E-state index in [1.54, 1.807) is 16.0 Å². The highest BCUT2D eigenvalue weighted by Crippen LogP contribution is 2.33. The lowest BCUT2D eigenvalue weighted by molar-refractivity contribution is 0.508. The number of nitrogen functional groups attached to an aromatic ring is 1. The zero-order valence-corrected chi connectivity index (χ0v) is 12.2. The van der Waals surface area contributed by atoms with Gasteiger partial charge in [0.2, 0.25) is 0 Å². The highest BCUT2D eigenvalue weighted by Gasteiger charge is 2.31. The molecule has 2 aromatic rings. The van der Waals surface area contributed by atoms with Crippen molar-refractivity contribution in [3.63, 3.8) is 0 Å². The zero-order valence-electron chi connectivity index (χ0n) is 10.5. The van der Waals surface area contributed by atoms with Crippen LogP contribution in [0.3, 0.4) is 0 Å². The molecule has 0 saturated carbocycles. The monoisotopic (exact) mass is 297 g/mol. The molecule has 0 bridgehead atoms. The number of hydrogen-bond acceptors (Lipinski definition) is 5. The van der Waals surface area contributed by atoms with Gasteiger partial charge in [-0.2, -0.15) is 5.10 Å². The van der Waals surface area contributed by atoms with Crippen LogP contribution in [0.1, 0.15) is 18.0 Å². The molecule has 102 valence electrons. The second-order valence-electron chi connectivity index (χ2n) is 4.84. The Balaban J connectivity index is 2.03. The number of nitrogens with zero attached hydrogens (tertiary/aromatic N) is 2. The summed E-state index contributed by atoms with van der Waals surface area (Å²) in [6, 6.07) is 3.83. The standard InChI is InChI=1S/C12H15N3O2S2/c1-8-11(10-3-2-5-18-10)14-15(12(8)13)9-4-6-19(16,17)7-9/h2-3,5,9H,4,6-7,13H2,1H3. The third kappa shape index (κ3) is 2.17. The lowest BCUT2D eigenvalue weighted by Gasteiger charge is -2.10. The molecule has 0 aromatic carbocycles. The van der Waals surface area contributed by atoms with Crippen LogP contribution in [0, 0.1) is 6.92 Å². The van der Waals surface area contributed by atoms with Crippen molar-refractivity contribution in [2.75, 3.05) is 17.2 Å². The van der Waals surface area contributed by atoms with Crippen LogP contribution >= 0.6 is 11.3 Å². The molecular formula is C12H15N3O2S2. The quantitative estimate of drug-likeness (QED) is 0.917. The molecule has 0 radical (unpaired) electrons. The lowest BCUT2D eigenvalue weighted by Crippen LogP contribution is -2.14. The molecule has 1 fully saturated rings. The Morgan fingerprint density at radius 2 is 2.32 bits per heavy atom. The minimum atomic E-state index is -2.93. The molecule has 1 aliphatic heterocycles. The van der Waals surface area contributed by atoms with E-state index in [0.717, 1.165) is 16.1 Å². The van der Waals surface area contributed by atoms with Crippen molar-refractivity contribution >= 4 is 27.0 Å². The number of anilines is 1. The summed E-state index contributed by atoms with van der Waals surface area (Å²) in [5.74, 6) is 0.942. The largest absolute Gasteiger partial charge is 0.384 e. The smallest absolute Gasteiger partial charge is 0.152 e. The molecule has 0 aliphatic carbocycles. The fraction of sp³-hybridized carbons (Fsp3) is 0.417. The van der Waals surface area contributed by atoms with Gasteiger partial charge >= 0.3 is 0 Å². The Hall–Kier alpha value is -1.34. The normalized spacial score (nSPS) is 21.8. The van der Waals surface area contributed by atoms with E-state index in [4.69, 9.17) is 5.73 Å². The van der Waals surface area contributed by atoms with Crippen molar-refractivity contribution in [3.8, 4) is 10.6 Å². The number of aromatic nitrogens is 2. The molecular weight excluding hydrogens is 282 g/mol. The molecule has 1 unspecified atom stereocenters. The van der Waals surface area contributed by atoms with Crippen LogP contribution in [-0.4, -0.2) is 29.7 Å². The van der Waals surface area contributed by atoms with Gasteiger partial charge in [0.1, 0.15) is 11.5 Å². The molecule has 7 heteroatoms. The Kier molecular flexibility index (Phi) is 2.90. The summed E-state index contributed by atoms with van der Waals surface area (Å²) in [6.45, 7) is 1.93. The van der Waals surface area contributed by atoms with Crippen molar-refractivity contribution in [2.45, 2.75) is 19.4 Å². The SMILES string of the molecule is Cc1c(-c2cccs2)nn(C2CCS(=O)(=O)C2)c1N. The number of sulfone groups is 1. The van der Waals surface area contributed by atoms with E-state index in [9.17, 15) is 8.42 Å². The summed E-state index contributed by atoms with van der Waals surface area (Å²) in [7, 11) is -2.93. The van der Waals surface area contributed by atoms with Crippen LogP contribution in [0.2, 0.25) is 0 Å². The van der Waals surface area contributed by atoms with Crippen LogP contribution in [-0.2, 0) is 9.84 Å². The topological polar surface area (TPSA) is 78.0 Å². The van der Waals surface area contributed by atoms with Crippen LogP contribution in [0.25, 0.3) is 10.6 Å². The van der Waals surface area contributed by atoms with E-state index in [0.29, 0.717) is 12.2 Å². The second-order valence-corrected chi connectivity index (χ2v) is 8.01. The number of thiophene rings is 1. The first-order valence-electron chi connectivity index (χ1n) is 6.07. The van der Waals surface area contributed by atoms with Gasteiger partial charge in [-0.15, -0.1) is 11.3 Å². The maximum Gasteiger partial charge on any atom is 0.152 e. The Labute approximate surface area is 116 Å². The first-order chi connectivity index (χ1) is 8.98. The van der Waals surface area contributed by atoms with Crippen molar-refractivity contribution in [2.24, 2.45) is 0 Å². The van der Waals surface area contributed by atoms with Gasteiger partial charge in [0, 0.05) is 5.56 Å². The molecule has 5 nitrogen and oxygen atoms in total. The van der Waals surface area contributed by atoms with E-state index in [2.05, 4.69) is 5.10 Å². The molecule has 1 aliphatic rings. The van der Waals surface area contributed by atoms with Gasteiger partial charge in [0.25, 0.3) is 0 Å². The Morgan fingerprint density at radius 1 is 1.53 bits per heavy atom. The van der Waals surface area contributed by atoms with Crippen molar-refractivity contribution < 1.29 is 8.42 Å². The van der Waals surface area contributed by atoms with Crippen molar-refractivity contribution in [1.82, 2.24) is 9.78 Å². The fourth-order valence-corrected chi connectivity index (χ4v) is 4.88. The average Bonchev–Trinajstić information content (AvgIpc) is 3.03. The second kappa shape index (κ2) is 4.35. The third-order valence-electron chi connectivity index (χ3n) is 3.50. The predicted octanol–water partition coefficient (Wildman–Crippen LogP) is 1.86. The molecule has 3 heterocycles. The van der Waals surface area contributed by atoms with Gasteiger partial charge in [-0.25, -0.2) is 13.1 Å². The molecule has 19 heavy (non-hydrogen) atoms. The molecule has 3 rings (SSSR count). The van der Waals surface area contributed by atoms with E-state index in [1.807, 2.05) is 24.4 Å². The van der Waals surface area contributed by atoms with E-state index in [-0.39, 0.29) is 17.5 Å². The van der Waals surface area contributed by atoms with Gasteiger partial charge in [0.05, 0.1) is 22.4 Å². The van der Waals surface area contributed by atoms with E-state index < -0.39 is 9.84 Å². The summed E-state index contributed by atoms with van der Waals surface area (Å²) in [6.07, 6.45) is 0.595. The number of nitrogens with two attached hydrogens (primary N) is 1. The van der Waals surface area contributed by atoms with Gasteiger partial charge in [-0.3, -0.25) is 0 Å². The average molecular weight is 297 g/mol. The predicted molar refractivity (Wildman–Crippen MR) is 77.0 cm³/mol. The minimum absolute atomic E-state index is 0.127. The summed E-state index contributed by atoms with van der Waals surface area (Å²) in [4.78, 5) is 1.06. The first-order valence-corrected chi connectivity index (χ1v) is 8.77. The van der Waals surface area contributed by atoms with Crippen molar-refractivity contribution in [3.05, 3.63) is 23.1 Å². The van der Waals surface area contributed by atoms with Crippen LogP contribution in [0.15, 0.2) is 17.5 Å². The molecule has 0 amide bonds. The lowest BCUT2D eigenvalue weighted by atomic mass is 10.2. The summed E-state index contributed by atoms with van der Waals surface area (Å²) < 4.78 is 24.8. The van der Waals surface area contributed by atoms with E-state index >= 15 is 0 Å². The number of rotatable bonds is 2. The minimum Gasteiger partial charge on any atom is -0.384 e. The van der Waals surface area contributed by atoms with Gasteiger partial charge in [0.15, 0.2) is 9.84 Å². The van der Waals surface area contributed by atoms with Crippen molar-refractivity contribution in [1.29, 1.82) is 0 Å². The molecule has 2 N–H and O–H groups in total. The Morgan fingerprint density at radius 3 is 2.89 bits per heavy atom. The van der Waals surface area contributed by atoms with Gasteiger partial charge in [-0.1, -0.05) is 6.07 Å². The molecule has 0 spiro atoms. The summed E-state index contributed by atoms with van der Waals surface area (Å²) in [5, 5.41) is 6.53. The maximum atomic E-state index is 11.6. The molecule has 1 saturated heterocycles. The fourth-order valence-electron chi connectivity index (χ4n) is 2.42. The van der Waals surface area contributed by atoms with E-state index in [1.165, 1.54) is 0 Å². The van der Waals surface area contributed by atoms with Crippen LogP contribution in [0.4, 0.5) is 5.82 Å². The van der Waals surface area contributed by atoms with Gasteiger partial charge in [-0.05, 0) is 24.8 Å². The molecule has 2 aromatic heterocycles. The first kappa shape index (κ1) is 12.7. The highest BCUT2D eigenvalue weighted by molar-refractivity contribution is 7.91. The molecule has 1 atom stereocenters. The summed E-state index contributed by atoms with van der Waals surface area (Å²) >= 11 is 1.60. The summed E-state index contributed by atoms with van der Waals surface area (Å²) in [5.41, 5.74) is 7.87. The maximum absolute atomic E-state index is 11.6. The van der Waals surface area contributed by atoms with Crippen LogP contribution < -0.4 is 5.73 Å². The van der Waals surface area contributed by atoms with Gasteiger partial charge < -0.3 is 5.73 Å². The highest BCUT2D eigenvalue weighted by atomic mass is 32.2. The van der Waals surface area contributed by atoms with Crippen LogP contribution in [0.5, 0.6) is 0 Å². The number of hydrogen-bond donors (Lipinski definition) is 1. The zero-order chi connectivity index (χ0) is 13.6.